The fourth-order valence-electron chi connectivity index (χ4n) is 1.97. The first-order chi connectivity index (χ1) is 9.75. The summed E-state index contributed by atoms with van der Waals surface area (Å²) in [7, 11) is -0.417. The van der Waals surface area contributed by atoms with Crippen molar-refractivity contribution in [1.29, 1.82) is 0 Å². The van der Waals surface area contributed by atoms with Crippen molar-refractivity contribution in [2.24, 2.45) is 5.92 Å². The molecule has 3 N–H and O–H groups in total. The maximum absolute atomic E-state index is 12.0. The van der Waals surface area contributed by atoms with Gasteiger partial charge in [0.25, 0.3) is 0 Å². The second-order valence-corrected chi connectivity index (χ2v) is 8.00. The van der Waals surface area contributed by atoms with Gasteiger partial charge in [-0.1, -0.05) is 26.7 Å². The van der Waals surface area contributed by atoms with Crippen LogP contribution >= 0.6 is 0 Å². The maximum atomic E-state index is 12.0. The lowest BCUT2D eigenvalue weighted by molar-refractivity contribution is 0.521. The van der Waals surface area contributed by atoms with Crippen LogP contribution in [0.4, 0.5) is 11.4 Å². The van der Waals surface area contributed by atoms with E-state index in [1.807, 2.05) is 0 Å². The summed E-state index contributed by atoms with van der Waals surface area (Å²) in [6.45, 7) is 5.28. The summed E-state index contributed by atoms with van der Waals surface area (Å²) in [6.07, 6.45) is 3.48. The number of nitrogens with two attached hydrogens (primary N) is 1. The van der Waals surface area contributed by atoms with E-state index in [9.17, 15) is 8.42 Å². The molecule has 0 aliphatic heterocycles. The van der Waals surface area contributed by atoms with Gasteiger partial charge in [0.1, 0.15) is 0 Å². The van der Waals surface area contributed by atoms with Crippen molar-refractivity contribution in [1.82, 2.24) is 4.31 Å². The van der Waals surface area contributed by atoms with Gasteiger partial charge in [-0.15, -0.1) is 0 Å². The SMILES string of the molecule is CC(C)CCCCNc1ccc(S(=O)(=O)N(C)C)cc1N. The Morgan fingerprint density at radius 3 is 2.43 bits per heavy atom. The lowest BCUT2D eigenvalue weighted by Gasteiger charge is -2.14. The Kier molecular flexibility index (Phi) is 6.48. The highest BCUT2D eigenvalue weighted by Gasteiger charge is 2.17. The Morgan fingerprint density at radius 2 is 1.90 bits per heavy atom. The van der Waals surface area contributed by atoms with Crippen molar-refractivity contribution in [3.63, 3.8) is 0 Å². The number of hydrogen-bond acceptors (Lipinski definition) is 4. The van der Waals surface area contributed by atoms with Crippen LogP contribution in [0, 0.1) is 5.92 Å². The van der Waals surface area contributed by atoms with Gasteiger partial charge in [0.05, 0.1) is 16.3 Å². The molecule has 6 heteroatoms. The summed E-state index contributed by atoms with van der Waals surface area (Å²) in [4.78, 5) is 0.218. The first-order valence-corrected chi connectivity index (χ1v) is 8.75. The first-order valence-electron chi connectivity index (χ1n) is 7.31. The molecule has 0 aromatic heterocycles. The fourth-order valence-corrected chi connectivity index (χ4v) is 2.91. The monoisotopic (exact) mass is 313 g/mol. The number of anilines is 2. The van der Waals surface area contributed by atoms with Crippen molar-refractivity contribution in [2.75, 3.05) is 31.7 Å². The molecule has 0 fully saturated rings. The van der Waals surface area contributed by atoms with E-state index in [1.165, 1.54) is 37.3 Å². The summed E-state index contributed by atoms with van der Waals surface area (Å²) in [5.41, 5.74) is 7.18. The standard InChI is InChI=1S/C15H27N3O2S/c1-12(2)7-5-6-10-17-15-9-8-13(11-14(15)16)21(19,20)18(3)4/h8-9,11-12,17H,5-7,10,16H2,1-4H3. The summed E-state index contributed by atoms with van der Waals surface area (Å²) >= 11 is 0. The lowest BCUT2D eigenvalue weighted by atomic mass is 10.1. The fraction of sp³-hybridized carbons (Fsp3) is 0.600. The molecule has 0 bridgehead atoms. The van der Waals surface area contributed by atoms with Gasteiger partial charge in [-0.25, -0.2) is 12.7 Å². The number of benzene rings is 1. The van der Waals surface area contributed by atoms with Crippen molar-refractivity contribution in [3.8, 4) is 0 Å². The number of nitrogens with zero attached hydrogens (tertiary/aromatic N) is 1. The van der Waals surface area contributed by atoms with E-state index in [0.717, 1.165) is 24.6 Å². The molecule has 0 saturated carbocycles. The Morgan fingerprint density at radius 1 is 1.24 bits per heavy atom. The van der Waals surface area contributed by atoms with Gasteiger partial charge in [-0.2, -0.15) is 0 Å². The smallest absolute Gasteiger partial charge is 0.242 e. The number of sulfonamides is 1. The van der Waals surface area contributed by atoms with Gasteiger partial charge in [0.2, 0.25) is 10.0 Å². The molecule has 21 heavy (non-hydrogen) atoms. The Hall–Kier alpha value is -1.27. The Bertz CT molecular complexity index is 554. The van der Waals surface area contributed by atoms with Crippen LogP contribution in [0.3, 0.4) is 0 Å². The van der Waals surface area contributed by atoms with Crippen LogP contribution in [-0.2, 0) is 10.0 Å². The second kappa shape index (κ2) is 7.66. The molecule has 0 radical (unpaired) electrons. The molecule has 0 spiro atoms. The van der Waals surface area contributed by atoms with Crippen molar-refractivity contribution in [3.05, 3.63) is 18.2 Å². The van der Waals surface area contributed by atoms with Crippen LogP contribution < -0.4 is 11.1 Å². The van der Waals surface area contributed by atoms with Crippen LogP contribution in [0.25, 0.3) is 0 Å². The summed E-state index contributed by atoms with van der Waals surface area (Å²) in [5.74, 6) is 0.727. The van der Waals surface area contributed by atoms with Gasteiger partial charge in [0.15, 0.2) is 0 Å². The molecule has 0 atom stereocenters. The number of nitrogen functional groups attached to an aromatic ring is 1. The summed E-state index contributed by atoms with van der Waals surface area (Å²) in [5, 5.41) is 3.26. The van der Waals surface area contributed by atoms with Gasteiger partial charge >= 0.3 is 0 Å². The molecule has 0 saturated heterocycles. The average molecular weight is 313 g/mol. The van der Waals surface area contributed by atoms with Crippen LogP contribution in [0.5, 0.6) is 0 Å². The molecule has 0 unspecified atom stereocenters. The van der Waals surface area contributed by atoms with Crippen LogP contribution in [-0.4, -0.2) is 33.4 Å². The second-order valence-electron chi connectivity index (χ2n) is 5.85. The van der Waals surface area contributed by atoms with Crippen molar-refractivity contribution < 1.29 is 8.42 Å². The molecule has 0 aliphatic rings. The highest BCUT2D eigenvalue weighted by atomic mass is 32.2. The van der Waals surface area contributed by atoms with Crippen molar-refractivity contribution in [2.45, 2.75) is 38.0 Å². The lowest BCUT2D eigenvalue weighted by Crippen LogP contribution is -2.22. The Balaban J connectivity index is 2.63. The maximum Gasteiger partial charge on any atom is 0.242 e. The predicted octanol–water partition coefficient (Wildman–Crippen LogP) is 2.76. The summed E-state index contributed by atoms with van der Waals surface area (Å²) < 4.78 is 25.2. The van der Waals surface area contributed by atoms with Crippen LogP contribution in [0.2, 0.25) is 0 Å². The zero-order chi connectivity index (χ0) is 16.0. The molecule has 0 heterocycles. The molecule has 120 valence electrons. The first kappa shape index (κ1) is 17.8. The topological polar surface area (TPSA) is 75.4 Å². The van der Waals surface area contributed by atoms with E-state index in [2.05, 4.69) is 19.2 Å². The van der Waals surface area contributed by atoms with Crippen LogP contribution in [0.15, 0.2) is 23.1 Å². The third-order valence-corrected chi connectivity index (χ3v) is 5.14. The highest BCUT2D eigenvalue weighted by molar-refractivity contribution is 7.89. The Labute approximate surface area is 128 Å². The quantitative estimate of drug-likeness (QED) is 0.571. The van der Waals surface area contributed by atoms with E-state index >= 15 is 0 Å². The number of hydrogen-bond donors (Lipinski definition) is 2. The van der Waals surface area contributed by atoms with Gasteiger partial charge < -0.3 is 11.1 Å². The van der Waals surface area contributed by atoms with Gasteiger partial charge in [-0.05, 0) is 30.5 Å². The molecular formula is C15H27N3O2S. The van der Waals surface area contributed by atoms with E-state index in [4.69, 9.17) is 5.73 Å². The average Bonchev–Trinajstić information content (AvgIpc) is 2.39. The summed E-state index contributed by atoms with van der Waals surface area (Å²) in [6, 6.07) is 4.82. The van der Waals surface area contributed by atoms with Gasteiger partial charge in [0, 0.05) is 20.6 Å². The zero-order valence-corrected chi connectivity index (χ0v) is 14.2. The molecule has 1 aromatic carbocycles. The number of nitrogens with one attached hydrogen (secondary N) is 1. The van der Waals surface area contributed by atoms with E-state index in [0.29, 0.717) is 5.69 Å². The molecular weight excluding hydrogens is 286 g/mol. The third kappa shape index (κ3) is 5.21. The van der Waals surface area contributed by atoms with E-state index in [-0.39, 0.29) is 4.90 Å². The van der Waals surface area contributed by atoms with E-state index in [1.54, 1.807) is 12.1 Å². The molecule has 0 aliphatic carbocycles. The van der Waals surface area contributed by atoms with Gasteiger partial charge in [-0.3, -0.25) is 0 Å². The molecule has 1 aromatic rings. The molecule has 5 nitrogen and oxygen atoms in total. The molecule has 0 amide bonds. The van der Waals surface area contributed by atoms with E-state index < -0.39 is 10.0 Å². The number of rotatable bonds is 8. The minimum absolute atomic E-state index is 0.218. The number of unbranched alkanes of at least 4 members (excludes halogenated alkanes) is 1. The van der Waals surface area contributed by atoms with Crippen molar-refractivity contribution >= 4 is 21.4 Å². The minimum atomic E-state index is -3.43. The molecule has 1 rings (SSSR count). The minimum Gasteiger partial charge on any atom is -0.397 e. The third-order valence-electron chi connectivity index (χ3n) is 3.33. The normalized spacial score (nSPS) is 12.1. The predicted molar refractivity (Wildman–Crippen MR) is 88.9 cm³/mol. The largest absolute Gasteiger partial charge is 0.397 e. The van der Waals surface area contributed by atoms with Crippen LogP contribution in [0.1, 0.15) is 33.1 Å². The highest BCUT2D eigenvalue weighted by Crippen LogP contribution is 2.24. The zero-order valence-electron chi connectivity index (χ0n) is 13.4.